The van der Waals surface area contributed by atoms with Crippen LogP contribution in [0.25, 0.3) is 0 Å². The number of carbonyl (C=O) groups is 3. The molecule has 0 aliphatic heterocycles. The predicted molar refractivity (Wildman–Crippen MR) is 149 cm³/mol. The van der Waals surface area contributed by atoms with Crippen molar-refractivity contribution in [1.82, 2.24) is 15.0 Å². The molecule has 12 heteroatoms. The molecule has 0 spiro atoms. The summed E-state index contributed by atoms with van der Waals surface area (Å²) in [6.45, 7) is 7.01. The van der Waals surface area contributed by atoms with Crippen molar-refractivity contribution >= 4 is 29.4 Å². The Labute approximate surface area is 236 Å². The van der Waals surface area contributed by atoms with Crippen LogP contribution in [-0.2, 0) is 9.59 Å². The molecule has 3 amide bonds. The van der Waals surface area contributed by atoms with Crippen LogP contribution >= 0.6 is 0 Å². The highest BCUT2D eigenvalue weighted by Crippen LogP contribution is 2.31. The van der Waals surface area contributed by atoms with Crippen molar-refractivity contribution in [1.29, 1.82) is 10.8 Å². The Balaban J connectivity index is 1.89. The first-order chi connectivity index (χ1) is 19.4. The molecular weight excluding hydrogens is 530 g/mol. The lowest BCUT2D eigenvalue weighted by Crippen LogP contribution is -2.31. The summed E-state index contributed by atoms with van der Waals surface area (Å²) in [6, 6.07) is 17.0. The highest BCUT2D eigenvalue weighted by atomic mass is 16.5. The maximum Gasteiger partial charge on any atom is 0.254 e. The number of hydrogen-bond acceptors (Lipinski definition) is 9. The van der Waals surface area contributed by atoms with Crippen molar-refractivity contribution in [2.75, 3.05) is 13.1 Å². The van der Waals surface area contributed by atoms with Gasteiger partial charge in [-0.2, -0.15) is 10.1 Å². The summed E-state index contributed by atoms with van der Waals surface area (Å²) < 4.78 is 12.0. The van der Waals surface area contributed by atoms with Gasteiger partial charge >= 0.3 is 0 Å². The molecule has 0 unspecified atom stereocenters. The third-order valence-electron chi connectivity index (χ3n) is 5.92. The van der Waals surface area contributed by atoms with Crippen molar-refractivity contribution in [3.63, 3.8) is 0 Å². The molecule has 0 heterocycles. The van der Waals surface area contributed by atoms with E-state index in [1.807, 2.05) is 13.8 Å². The van der Waals surface area contributed by atoms with Crippen molar-refractivity contribution in [3.05, 3.63) is 83.4 Å². The zero-order valence-corrected chi connectivity index (χ0v) is 23.0. The van der Waals surface area contributed by atoms with Crippen LogP contribution in [0.4, 0.5) is 0 Å². The van der Waals surface area contributed by atoms with Crippen LogP contribution in [0.3, 0.4) is 0 Å². The third-order valence-corrected chi connectivity index (χ3v) is 5.92. The maximum atomic E-state index is 13.1. The number of hydrogen-bond donors (Lipinski definition) is 4. The number of benzene rings is 3. The Morgan fingerprint density at radius 1 is 0.634 bits per heavy atom. The van der Waals surface area contributed by atoms with Gasteiger partial charge < -0.3 is 14.4 Å². The van der Waals surface area contributed by atoms with E-state index in [4.69, 9.17) is 20.3 Å². The fourth-order valence-corrected chi connectivity index (χ4v) is 3.70. The van der Waals surface area contributed by atoms with E-state index in [0.29, 0.717) is 41.7 Å². The fraction of sp³-hybridized carbons (Fsp3) is 0.207. The summed E-state index contributed by atoms with van der Waals surface area (Å²) in [5, 5.41) is 35.7. The SMILES string of the molecule is CCN(CC)C(=O)c1cc(Oc2ccc(C(=N)N(O)C(C)=O)cc2)cc(Oc2ccc(C(=N)N(O)C(C)=O)cc2)c1. The lowest BCUT2D eigenvalue weighted by Gasteiger charge is -2.20. The number of nitrogens with zero attached hydrogens (tertiary/aromatic N) is 3. The molecule has 0 aliphatic rings. The molecular formula is C29H31N5O7. The molecule has 41 heavy (non-hydrogen) atoms. The smallest absolute Gasteiger partial charge is 0.254 e. The molecule has 0 atom stereocenters. The second-order valence-electron chi connectivity index (χ2n) is 8.78. The summed E-state index contributed by atoms with van der Waals surface area (Å²) in [7, 11) is 0. The molecule has 0 fully saturated rings. The van der Waals surface area contributed by atoms with Gasteiger partial charge in [-0.05, 0) is 74.5 Å². The summed E-state index contributed by atoms with van der Waals surface area (Å²) in [5.41, 5.74) is 0.898. The van der Waals surface area contributed by atoms with Gasteiger partial charge in [-0.3, -0.25) is 35.6 Å². The van der Waals surface area contributed by atoms with Gasteiger partial charge in [-0.25, -0.2) is 0 Å². The second kappa shape index (κ2) is 13.3. The van der Waals surface area contributed by atoms with Gasteiger partial charge in [-0.15, -0.1) is 0 Å². The fourth-order valence-electron chi connectivity index (χ4n) is 3.70. The molecule has 214 valence electrons. The Hall–Kier alpha value is -5.07. The highest BCUT2D eigenvalue weighted by molar-refractivity contribution is 6.05. The maximum absolute atomic E-state index is 13.1. The van der Waals surface area contributed by atoms with Gasteiger partial charge in [0.2, 0.25) is 11.8 Å². The van der Waals surface area contributed by atoms with Crippen LogP contribution in [0.2, 0.25) is 0 Å². The molecule has 0 radical (unpaired) electrons. The number of nitrogens with one attached hydrogen (secondary N) is 2. The molecule has 3 aromatic rings. The molecule has 12 nitrogen and oxygen atoms in total. The summed E-state index contributed by atoms with van der Waals surface area (Å²) >= 11 is 0. The molecule has 3 aromatic carbocycles. The summed E-state index contributed by atoms with van der Waals surface area (Å²) in [6.07, 6.45) is 0. The molecule has 0 saturated heterocycles. The minimum Gasteiger partial charge on any atom is -0.457 e. The highest BCUT2D eigenvalue weighted by Gasteiger charge is 2.18. The van der Waals surface area contributed by atoms with Crippen molar-refractivity contribution < 1.29 is 34.3 Å². The van der Waals surface area contributed by atoms with Crippen molar-refractivity contribution in [2.24, 2.45) is 0 Å². The second-order valence-corrected chi connectivity index (χ2v) is 8.78. The van der Waals surface area contributed by atoms with Gasteiger partial charge in [-0.1, -0.05) is 0 Å². The van der Waals surface area contributed by atoms with Gasteiger partial charge in [0.15, 0.2) is 11.7 Å². The van der Waals surface area contributed by atoms with E-state index in [1.165, 1.54) is 24.3 Å². The summed E-state index contributed by atoms with van der Waals surface area (Å²) in [5.74, 6) is -1.07. The van der Waals surface area contributed by atoms with E-state index in [1.54, 1.807) is 47.4 Å². The Kier molecular flexibility index (Phi) is 9.90. The predicted octanol–water partition coefficient (Wildman–Crippen LogP) is 4.88. The first-order valence-electron chi connectivity index (χ1n) is 12.6. The Morgan fingerprint density at radius 2 is 1.00 bits per heavy atom. The topological polar surface area (TPSA) is 168 Å². The molecule has 0 bridgehead atoms. The molecule has 4 N–H and O–H groups in total. The van der Waals surface area contributed by atoms with Crippen LogP contribution in [0.15, 0.2) is 66.7 Å². The zero-order chi connectivity index (χ0) is 30.3. The Morgan fingerprint density at radius 3 is 1.32 bits per heavy atom. The van der Waals surface area contributed by atoms with E-state index < -0.39 is 11.8 Å². The number of hydroxylamine groups is 4. The molecule has 0 aromatic heterocycles. The van der Waals surface area contributed by atoms with E-state index in [2.05, 4.69) is 0 Å². The lowest BCUT2D eigenvalue weighted by molar-refractivity contribution is -0.147. The average Bonchev–Trinajstić information content (AvgIpc) is 2.96. The average molecular weight is 562 g/mol. The zero-order valence-electron chi connectivity index (χ0n) is 23.0. The number of ether oxygens (including phenoxy) is 2. The van der Waals surface area contributed by atoms with Crippen molar-refractivity contribution in [2.45, 2.75) is 27.7 Å². The number of amides is 3. The largest absolute Gasteiger partial charge is 0.457 e. The summed E-state index contributed by atoms with van der Waals surface area (Å²) in [4.78, 5) is 37.5. The van der Waals surface area contributed by atoms with E-state index in [9.17, 15) is 24.8 Å². The minimum atomic E-state index is -0.697. The van der Waals surface area contributed by atoms with Gasteiger partial charge in [0.1, 0.15) is 23.0 Å². The van der Waals surface area contributed by atoms with Gasteiger partial charge in [0.05, 0.1) is 0 Å². The van der Waals surface area contributed by atoms with Crippen LogP contribution in [-0.4, -0.2) is 67.9 Å². The van der Waals surface area contributed by atoms with E-state index in [-0.39, 0.29) is 38.8 Å². The quantitative estimate of drug-likeness (QED) is 0.125. The lowest BCUT2D eigenvalue weighted by atomic mass is 10.1. The Bertz CT molecular complexity index is 1360. The van der Waals surface area contributed by atoms with Gasteiger partial charge in [0.25, 0.3) is 5.91 Å². The van der Waals surface area contributed by atoms with Crippen LogP contribution in [0, 0.1) is 10.8 Å². The normalized spacial score (nSPS) is 10.4. The standard InChI is InChI=1S/C29H31N5O7/c1-5-32(6-2)29(37)22-15-25(40-23-11-7-20(8-12-23)27(30)33(38)18(3)35)17-26(16-22)41-24-13-9-21(10-14-24)28(31)34(39)19(4)36/h7-17,30-31,38-39H,5-6H2,1-4H3. The van der Waals surface area contributed by atoms with Crippen LogP contribution in [0.5, 0.6) is 23.0 Å². The molecule has 0 aliphatic carbocycles. The first kappa shape index (κ1) is 30.5. The number of rotatable bonds is 9. The first-order valence-corrected chi connectivity index (χ1v) is 12.6. The number of amidine groups is 2. The van der Waals surface area contributed by atoms with Crippen LogP contribution < -0.4 is 9.47 Å². The third kappa shape index (κ3) is 7.53. The minimum absolute atomic E-state index is 0.225. The van der Waals surface area contributed by atoms with E-state index in [0.717, 1.165) is 13.8 Å². The number of carbonyl (C=O) groups excluding carboxylic acids is 3. The van der Waals surface area contributed by atoms with Gasteiger partial charge in [0, 0.05) is 49.7 Å². The molecule has 3 rings (SSSR count). The van der Waals surface area contributed by atoms with E-state index >= 15 is 0 Å². The molecule has 0 saturated carbocycles. The van der Waals surface area contributed by atoms with Crippen molar-refractivity contribution in [3.8, 4) is 23.0 Å². The monoisotopic (exact) mass is 561 g/mol. The van der Waals surface area contributed by atoms with Crippen LogP contribution in [0.1, 0.15) is 49.2 Å².